The first-order chi connectivity index (χ1) is 6.89. The number of hydrogen-bond donors (Lipinski definition) is 1. The average molecular weight is 326 g/mol. The molecule has 0 saturated heterocycles. The van der Waals surface area contributed by atoms with E-state index in [4.69, 9.17) is 16.3 Å². The van der Waals surface area contributed by atoms with Crippen LogP contribution in [0.3, 0.4) is 0 Å². The van der Waals surface area contributed by atoms with Gasteiger partial charge in [-0.2, -0.15) is 8.78 Å². The number of hydrogen-bond acceptors (Lipinski definition) is 3. The molecule has 0 aromatic carbocycles. The van der Waals surface area contributed by atoms with Gasteiger partial charge in [-0.25, -0.2) is 5.09 Å². The Bertz CT molecular complexity index is 233. The van der Waals surface area contributed by atoms with Crippen molar-refractivity contribution in [1.29, 1.82) is 0 Å². The molecule has 0 aliphatic carbocycles. The van der Waals surface area contributed by atoms with Crippen LogP contribution in [0.4, 0.5) is 8.78 Å². The van der Waals surface area contributed by atoms with Gasteiger partial charge in [-0.1, -0.05) is 22.9 Å². The summed E-state index contributed by atoms with van der Waals surface area (Å²) in [5.41, 5.74) is 0. The first kappa shape index (κ1) is 15.9. The second-order valence-corrected chi connectivity index (χ2v) is 6.44. The van der Waals surface area contributed by atoms with Crippen molar-refractivity contribution in [2.24, 2.45) is 0 Å². The quantitative estimate of drug-likeness (QED) is 0.548. The normalized spacial score (nSPS) is 16.3. The fourth-order valence-electron chi connectivity index (χ4n) is 0.723. The molecule has 0 amide bonds. The molecule has 0 rings (SSSR count). The van der Waals surface area contributed by atoms with Gasteiger partial charge in [-0.15, -0.1) is 0 Å². The zero-order valence-electron chi connectivity index (χ0n) is 8.63. The van der Waals surface area contributed by atoms with E-state index in [1.54, 1.807) is 6.92 Å². The molecule has 0 bridgehead atoms. The van der Waals surface area contributed by atoms with E-state index < -0.39 is 18.1 Å². The van der Waals surface area contributed by atoms with Gasteiger partial charge < -0.3 is 4.52 Å². The highest BCUT2D eigenvalue weighted by Gasteiger charge is 2.36. The van der Waals surface area contributed by atoms with Crippen molar-refractivity contribution in [1.82, 2.24) is 5.09 Å². The number of halogens is 3. The zero-order chi connectivity index (χ0) is 11.9. The molecule has 15 heavy (non-hydrogen) atoms. The van der Waals surface area contributed by atoms with Crippen LogP contribution in [-0.2, 0) is 20.9 Å². The summed E-state index contributed by atoms with van der Waals surface area (Å²) in [6.07, 6.45) is -2.53. The molecule has 0 aliphatic heterocycles. The minimum Gasteiger partial charge on any atom is -0.318 e. The fourth-order valence-corrected chi connectivity index (χ4v) is 3.39. The van der Waals surface area contributed by atoms with Crippen LogP contribution in [0, 0.1) is 0 Å². The van der Waals surface area contributed by atoms with E-state index in [9.17, 15) is 8.78 Å². The van der Waals surface area contributed by atoms with E-state index in [1.807, 2.05) is 6.92 Å². The standard InChI is InChI=1S/C7H15BrF2NO2PS/c1-3-5-11-14(15,12-4-2)13-7(9,10)6-8/h3-6H2,1-2H3,(H,11,15). The molecule has 1 atom stereocenters. The van der Waals surface area contributed by atoms with E-state index in [0.717, 1.165) is 6.42 Å². The number of nitrogens with one attached hydrogen (secondary N) is 1. The first-order valence-electron chi connectivity index (χ1n) is 4.53. The smallest absolute Gasteiger partial charge is 0.318 e. The van der Waals surface area contributed by atoms with E-state index >= 15 is 0 Å². The summed E-state index contributed by atoms with van der Waals surface area (Å²) in [5.74, 6) is 0. The lowest BCUT2D eigenvalue weighted by Crippen LogP contribution is -2.26. The topological polar surface area (TPSA) is 30.5 Å². The Hall–Kier alpha value is 0.870. The van der Waals surface area contributed by atoms with Crippen LogP contribution in [0.15, 0.2) is 0 Å². The van der Waals surface area contributed by atoms with Crippen molar-refractivity contribution >= 4 is 34.4 Å². The van der Waals surface area contributed by atoms with Crippen LogP contribution in [-0.4, -0.2) is 24.6 Å². The molecule has 0 saturated carbocycles. The van der Waals surface area contributed by atoms with Crippen molar-refractivity contribution in [3.8, 4) is 0 Å². The Morgan fingerprint density at radius 1 is 1.47 bits per heavy atom. The molecule has 3 nitrogen and oxygen atoms in total. The van der Waals surface area contributed by atoms with E-state index in [-0.39, 0.29) is 6.61 Å². The summed E-state index contributed by atoms with van der Waals surface area (Å²) in [6.45, 7) is 1.26. The van der Waals surface area contributed by atoms with Crippen molar-refractivity contribution in [2.75, 3.05) is 18.5 Å². The molecular weight excluding hydrogens is 311 g/mol. The highest BCUT2D eigenvalue weighted by atomic mass is 79.9. The molecular formula is C7H15BrF2NO2PS. The summed E-state index contributed by atoms with van der Waals surface area (Å²) in [6, 6.07) is 0. The average Bonchev–Trinajstić information content (AvgIpc) is 2.14. The molecule has 1 N–H and O–H groups in total. The van der Waals surface area contributed by atoms with E-state index in [0.29, 0.717) is 6.54 Å². The van der Waals surface area contributed by atoms with Crippen molar-refractivity contribution in [3.05, 3.63) is 0 Å². The maximum absolute atomic E-state index is 13.0. The Morgan fingerprint density at radius 2 is 2.07 bits per heavy atom. The van der Waals surface area contributed by atoms with E-state index in [1.165, 1.54) is 0 Å². The van der Waals surface area contributed by atoms with Crippen LogP contribution in [0.5, 0.6) is 0 Å². The first-order valence-corrected chi connectivity index (χ1v) is 8.29. The monoisotopic (exact) mass is 325 g/mol. The summed E-state index contributed by atoms with van der Waals surface area (Å²) >= 11 is 7.59. The van der Waals surface area contributed by atoms with E-state index in [2.05, 4.69) is 25.5 Å². The molecule has 1 unspecified atom stereocenters. The minimum absolute atomic E-state index is 0.242. The summed E-state index contributed by atoms with van der Waals surface area (Å²) in [5, 5.41) is 2.12. The highest BCUT2D eigenvalue weighted by Crippen LogP contribution is 2.49. The lowest BCUT2D eigenvalue weighted by molar-refractivity contribution is -0.155. The molecule has 0 fully saturated rings. The second kappa shape index (κ2) is 7.25. The molecule has 8 heteroatoms. The molecule has 0 aromatic rings. The van der Waals surface area contributed by atoms with Gasteiger partial charge >= 0.3 is 6.11 Å². The van der Waals surface area contributed by atoms with Gasteiger partial charge in [0.05, 0.1) is 11.9 Å². The minimum atomic E-state index is -3.30. The summed E-state index contributed by atoms with van der Waals surface area (Å²) in [7, 11) is 0. The Kier molecular flexibility index (Phi) is 7.67. The van der Waals surface area contributed by atoms with Crippen molar-refractivity contribution in [3.63, 3.8) is 0 Å². The maximum Gasteiger partial charge on any atom is 0.371 e. The SMILES string of the molecule is CCCNP(=S)(OCC)OC(F)(F)CBr. The summed E-state index contributed by atoms with van der Waals surface area (Å²) < 4.78 is 35.5. The number of rotatable bonds is 8. The van der Waals surface area contributed by atoms with Gasteiger partial charge in [-0.05, 0) is 25.2 Å². The molecule has 0 aliphatic rings. The zero-order valence-corrected chi connectivity index (χ0v) is 11.9. The van der Waals surface area contributed by atoms with Gasteiger partial charge in [0.15, 0.2) is 0 Å². The van der Waals surface area contributed by atoms with Gasteiger partial charge in [0, 0.05) is 6.54 Å². The molecule has 92 valence electrons. The maximum atomic E-state index is 13.0. The molecule has 0 radical (unpaired) electrons. The molecule has 0 heterocycles. The fraction of sp³-hybridized carbons (Fsp3) is 1.00. The van der Waals surface area contributed by atoms with Crippen LogP contribution >= 0.6 is 22.6 Å². The lowest BCUT2D eigenvalue weighted by Gasteiger charge is -2.26. The Morgan fingerprint density at radius 3 is 2.47 bits per heavy atom. The van der Waals surface area contributed by atoms with Crippen LogP contribution in [0.1, 0.15) is 20.3 Å². The van der Waals surface area contributed by atoms with Gasteiger partial charge in [0.1, 0.15) is 0 Å². The summed E-state index contributed by atoms with van der Waals surface area (Å²) in [4.78, 5) is 0. The Balaban J connectivity index is 4.43. The molecule has 0 spiro atoms. The van der Waals surface area contributed by atoms with Crippen LogP contribution in [0.25, 0.3) is 0 Å². The van der Waals surface area contributed by atoms with Crippen molar-refractivity contribution in [2.45, 2.75) is 26.4 Å². The third-order valence-electron chi connectivity index (χ3n) is 1.26. The Labute approximate surface area is 102 Å². The van der Waals surface area contributed by atoms with Gasteiger partial charge in [0.25, 0.3) is 6.64 Å². The predicted molar refractivity (Wildman–Crippen MR) is 64.0 cm³/mol. The highest BCUT2D eigenvalue weighted by molar-refractivity contribution is 9.09. The lowest BCUT2D eigenvalue weighted by atomic mass is 10.5. The van der Waals surface area contributed by atoms with Gasteiger partial charge in [-0.3, -0.25) is 4.52 Å². The largest absolute Gasteiger partial charge is 0.371 e. The third-order valence-corrected chi connectivity index (χ3v) is 4.56. The predicted octanol–water partition coefficient (Wildman–Crippen LogP) is 3.25. The molecule has 0 aromatic heterocycles. The van der Waals surface area contributed by atoms with Crippen LogP contribution < -0.4 is 5.09 Å². The number of alkyl halides is 3. The third kappa shape index (κ3) is 6.92. The van der Waals surface area contributed by atoms with Crippen LogP contribution in [0.2, 0.25) is 0 Å². The van der Waals surface area contributed by atoms with Crippen molar-refractivity contribution < 1.29 is 17.8 Å². The van der Waals surface area contributed by atoms with Gasteiger partial charge in [0.2, 0.25) is 0 Å². The second-order valence-electron chi connectivity index (χ2n) is 2.69.